The Morgan fingerprint density at radius 1 is 1.30 bits per heavy atom. The van der Waals surface area contributed by atoms with E-state index in [1.54, 1.807) is 0 Å². The third kappa shape index (κ3) is 3.42. The van der Waals surface area contributed by atoms with Crippen LogP contribution in [0, 0.1) is 25.7 Å². The first kappa shape index (κ1) is 22.2. The smallest absolute Gasteiger partial charge is 0.355 e. The molecule has 2 aromatic heterocycles. The Labute approximate surface area is 195 Å². The average Bonchev–Trinajstić information content (AvgIpc) is 3.31. The lowest BCUT2D eigenvalue weighted by atomic mass is 9.67. The van der Waals surface area contributed by atoms with Crippen LogP contribution in [0.25, 0.3) is 10.9 Å². The molecule has 5 rings (SSSR count). The molecule has 0 radical (unpaired) electrons. The minimum Gasteiger partial charge on any atom is -0.461 e. The third-order valence-corrected chi connectivity index (χ3v) is 8.12. The van der Waals surface area contributed by atoms with Crippen LogP contribution < -0.4 is 0 Å². The van der Waals surface area contributed by atoms with Crippen LogP contribution in [0.3, 0.4) is 0 Å². The number of benzene rings is 1. The zero-order valence-electron chi connectivity index (χ0n) is 20.6. The molecule has 0 saturated carbocycles. The van der Waals surface area contributed by atoms with E-state index in [4.69, 9.17) is 9.47 Å². The molecule has 0 amide bonds. The van der Waals surface area contributed by atoms with E-state index in [1.807, 2.05) is 27.0 Å². The van der Waals surface area contributed by atoms with Gasteiger partial charge in [0.25, 0.3) is 0 Å². The molecular weight excluding hydrogens is 414 g/mol. The van der Waals surface area contributed by atoms with Crippen LogP contribution in [-0.2, 0) is 28.5 Å². The summed E-state index contributed by atoms with van der Waals surface area (Å²) in [4.78, 5) is 18.2. The van der Waals surface area contributed by atoms with Crippen molar-refractivity contribution in [3.05, 3.63) is 58.5 Å². The van der Waals surface area contributed by atoms with Gasteiger partial charge in [-0.1, -0.05) is 19.1 Å². The minimum absolute atomic E-state index is 0.220. The summed E-state index contributed by atoms with van der Waals surface area (Å²) >= 11 is 0. The number of aryl methyl sites for hydroxylation is 3. The van der Waals surface area contributed by atoms with E-state index in [0.717, 1.165) is 30.6 Å². The number of hydrogen-bond acceptors (Lipinski definition) is 4. The minimum atomic E-state index is -0.364. The van der Waals surface area contributed by atoms with Gasteiger partial charge in [0.1, 0.15) is 11.3 Å². The molecule has 0 spiro atoms. The molecule has 1 unspecified atom stereocenters. The molecule has 6 nitrogen and oxygen atoms in total. The summed E-state index contributed by atoms with van der Waals surface area (Å²) in [5, 5.41) is 1.35. The Kier molecular flexibility index (Phi) is 5.41. The summed E-state index contributed by atoms with van der Waals surface area (Å²) < 4.78 is 14.4. The number of carbonyl (C=O) groups is 1. The van der Waals surface area contributed by atoms with Crippen molar-refractivity contribution in [3.8, 4) is 0 Å². The number of hydrogen-bond donors (Lipinski definition) is 1. The lowest BCUT2D eigenvalue weighted by Crippen LogP contribution is -2.60. The van der Waals surface area contributed by atoms with E-state index in [0.29, 0.717) is 24.3 Å². The lowest BCUT2D eigenvalue weighted by Gasteiger charge is -2.54. The Bertz CT molecular complexity index is 1210. The SMILES string of the molecule is CO[C@]12C[C@@H](C(C)COC(=O)c3[nH]c(C)cc3C)CN(C)[C@@H]1Cc1cn(C)c3cccc2c13. The van der Waals surface area contributed by atoms with Gasteiger partial charge in [-0.15, -0.1) is 0 Å². The maximum atomic E-state index is 12.7. The number of rotatable bonds is 5. The summed E-state index contributed by atoms with van der Waals surface area (Å²) in [7, 11) is 6.19. The number of piperidine rings is 1. The van der Waals surface area contributed by atoms with Crippen LogP contribution in [-0.4, -0.2) is 53.8 Å². The number of fused-ring (bicyclic) bond motifs is 2. The fourth-order valence-corrected chi connectivity index (χ4v) is 6.38. The van der Waals surface area contributed by atoms with Crippen LogP contribution in [0.1, 0.15) is 46.2 Å². The summed E-state index contributed by atoms with van der Waals surface area (Å²) in [6, 6.07) is 8.86. The van der Waals surface area contributed by atoms with Gasteiger partial charge in [-0.3, -0.25) is 4.90 Å². The monoisotopic (exact) mass is 449 g/mol. The van der Waals surface area contributed by atoms with Crippen molar-refractivity contribution >= 4 is 16.9 Å². The fourth-order valence-electron chi connectivity index (χ4n) is 6.38. The molecule has 176 valence electrons. The summed E-state index contributed by atoms with van der Waals surface area (Å²) in [6.07, 6.45) is 4.19. The number of ether oxygens (including phenoxy) is 2. The van der Waals surface area contributed by atoms with Crippen molar-refractivity contribution in [1.29, 1.82) is 0 Å². The van der Waals surface area contributed by atoms with Gasteiger partial charge in [-0.2, -0.15) is 0 Å². The Hall–Kier alpha value is -2.57. The van der Waals surface area contributed by atoms with Gasteiger partial charge < -0.3 is 19.0 Å². The molecule has 33 heavy (non-hydrogen) atoms. The second-order valence-electron chi connectivity index (χ2n) is 10.3. The lowest BCUT2D eigenvalue weighted by molar-refractivity contribution is -0.134. The molecule has 3 aromatic rings. The number of methoxy groups -OCH3 is 1. The summed E-state index contributed by atoms with van der Waals surface area (Å²) in [5.74, 6) is 0.301. The van der Waals surface area contributed by atoms with Crippen molar-refractivity contribution in [2.24, 2.45) is 18.9 Å². The molecular formula is C27H35N3O3. The van der Waals surface area contributed by atoms with Crippen molar-refractivity contribution in [1.82, 2.24) is 14.5 Å². The van der Waals surface area contributed by atoms with Crippen LogP contribution in [0.15, 0.2) is 30.5 Å². The molecule has 1 saturated heterocycles. The molecule has 6 heteroatoms. The first-order chi connectivity index (χ1) is 15.7. The number of likely N-dealkylation sites (N-methyl/N-ethyl adjacent to an activating group) is 1. The highest BCUT2D eigenvalue weighted by atomic mass is 16.5. The quantitative estimate of drug-likeness (QED) is 0.589. The van der Waals surface area contributed by atoms with Crippen LogP contribution in [0.4, 0.5) is 0 Å². The van der Waals surface area contributed by atoms with E-state index in [9.17, 15) is 4.79 Å². The van der Waals surface area contributed by atoms with Gasteiger partial charge in [-0.05, 0) is 74.4 Å². The standard InChI is InChI=1S/C27H35N3O3/c1-16-10-18(3)28-25(16)26(31)33-15-17(2)20-12-27(32-6)21-8-7-9-22-24(21)19(13-29(22)4)11-23(27)30(5)14-20/h7-10,13,17,20,23,28H,11-12,14-15H2,1-6H3/t17?,20-,23-,27+/m1/s1. The van der Waals surface area contributed by atoms with Crippen LogP contribution in [0.5, 0.6) is 0 Å². The summed E-state index contributed by atoms with van der Waals surface area (Å²) in [5.41, 5.74) is 6.07. The van der Waals surface area contributed by atoms with Gasteiger partial charge in [-0.25, -0.2) is 4.79 Å². The zero-order chi connectivity index (χ0) is 23.5. The Morgan fingerprint density at radius 3 is 2.79 bits per heavy atom. The number of H-pyrrole nitrogens is 1. The highest BCUT2D eigenvalue weighted by molar-refractivity contribution is 5.90. The van der Waals surface area contributed by atoms with E-state index in [-0.39, 0.29) is 17.5 Å². The molecule has 1 N–H and O–H groups in total. The average molecular weight is 450 g/mol. The number of carbonyl (C=O) groups excluding carboxylic acids is 1. The van der Waals surface area contributed by atoms with Crippen molar-refractivity contribution in [2.45, 2.75) is 45.3 Å². The number of aromatic amines is 1. The topological polar surface area (TPSA) is 59.5 Å². The van der Waals surface area contributed by atoms with E-state index in [1.165, 1.54) is 22.0 Å². The summed E-state index contributed by atoms with van der Waals surface area (Å²) in [6.45, 7) is 7.45. The highest BCUT2D eigenvalue weighted by Crippen LogP contribution is 2.50. The first-order valence-corrected chi connectivity index (χ1v) is 11.9. The van der Waals surface area contributed by atoms with Crippen LogP contribution in [0.2, 0.25) is 0 Å². The van der Waals surface area contributed by atoms with Crippen LogP contribution >= 0.6 is 0 Å². The van der Waals surface area contributed by atoms with Gasteiger partial charge in [0.2, 0.25) is 0 Å². The number of likely N-dealkylation sites (tertiary alicyclic amines) is 1. The maximum Gasteiger partial charge on any atom is 0.355 e. The molecule has 1 aliphatic carbocycles. The number of nitrogens with one attached hydrogen (secondary N) is 1. The van der Waals surface area contributed by atoms with Crippen molar-refractivity contribution < 1.29 is 14.3 Å². The van der Waals surface area contributed by atoms with Gasteiger partial charge in [0, 0.05) is 49.5 Å². The Morgan fingerprint density at radius 2 is 2.09 bits per heavy atom. The molecule has 1 aliphatic heterocycles. The van der Waals surface area contributed by atoms with Crippen molar-refractivity contribution in [3.63, 3.8) is 0 Å². The van der Waals surface area contributed by atoms with E-state index < -0.39 is 0 Å². The van der Waals surface area contributed by atoms with E-state index >= 15 is 0 Å². The fraction of sp³-hybridized carbons (Fsp3) is 0.519. The highest BCUT2D eigenvalue weighted by Gasteiger charge is 2.52. The number of esters is 1. The second kappa shape index (κ2) is 8.03. The molecule has 1 fully saturated rings. The molecule has 4 atom stereocenters. The number of aromatic nitrogens is 2. The third-order valence-electron chi connectivity index (χ3n) is 8.12. The molecule has 2 aliphatic rings. The zero-order valence-corrected chi connectivity index (χ0v) is 20.6. The molecule has 0 bridgehead atoms. The predicted molar refractivity (Wildman–Crippen MR) is 130 cm³/mol. The normalized spacial score (nSPS) is 25.8. The van der Waals surface area contributed by atoms with Gasteiger partial charge >= 0.3 is 5.97 Å². The Balaban J connectivity index is 1.40. The van der Waals surface area contributed by atoms with Gasteiger partial charge in [0.05, 0.1) is 6.61 Å². The predicted octanol–water partition coefficient (Wildman–Crippen LogP) is 4.33. The molecule has 3 heterocycles. The second-order valence-corrected chi connectivity index (χ2v) is 10.3. The largest absolute Gasteiger partial charge is 0.461 e. The molecule has 1 aromatic carbocycles. The first-order valence-electron chi connectivity index (χ1n) is 11.9. The van der Waals surface area contributed by atoms with E-state index in [2.05, 4.69) is 59.9 Å². The van der Waals surface area contributed by atoms with Gasteiger partial charge in [0.15, 0.2) is 0 Å². The maximum absolute atomic E-state index is 12.7. The number of nitrogens with zero attached hydrogens (tertiary/aromatic N) is 2. The van der Waals surface area contributed by atoms with Crippen molar-refractivity contribution in [2.75, 3.05) is 27.3 Å².